The predicted octanol–water partition coefficient (Wildman–Crippen LogP) is 4.61. The number of aliphatic hydroxyl groups excluding tert-OH is 2. The van der Waals surface area contributed by atoms with Gasteiger partial charge < -0.3 is 34.6 Å². The molecule has 9 heteroatoms. The highest BCUT2D eigenvalue weighted by Crippen LogP contribution is 2.75. The highest BCUT2D eigenvalue weighted by molar-refractivity contribution is 5.73. The van der Waals surface area contributed by atoms with Crippen LogP contribution in [-0.2, 0) is 23.8 Å². The fraction of sp³-hybridized carbons (Fsp3) is 0.889. The first kappa shape index (κ1) is 34.8. The number of carbonyl (C=O) groups excluding carboxylic acids is 1. The zero-order chi connectivity index (χ0) is 33.4. The molecule has 4 fully saturated rings. The first-order valence-corrected chi connectivity index (χ1v) is 17.1. The van der Waals surface area contributed by atoms with Gasteiger partial charge in [-0.25, -0.2) is 0 Å². The molecule has 0 spiro atoms. The third kappa shape index (κ3) is 4.96. The number of carbonyl (C=O) groups is 2. The van der Waals surface area contributed by atoms with Gasteiger partial charge in [0.1, 0.15) is 17.8 Å². The summed E-state index contributed by atoms with van der Waals surface area (Å²) in [5.41, 5.74) is -2.40. The second-order valence-electron chi connectivity index (χ2n) is 17.0. The molecule has 5 aliphatic rings. The summed E-state index contributed by atoms with van der Waals surface area (Å²) in [5.74, 6) is -0.583. The molecule has 1 saturated heterocycles. The zero-order valence-corrected chi connectivity index (χ0v) is 28.7. The minimum atomic E-state index is -1.81. The van der Waals surface area contributed by atoms with Crippen LogP contribution >= 0.6 is 0 Å². The second-order valence-corrected chi connectivity index (χ2v) is 17.0. The zero-order valence-electron chi connectivity index (χ0n) is 28.7. The quantitative estimate of drug-likeness (QED) is 0.211. The highest BCUT2D eigenvalue weighted by Gasteiger charge is 2.72. The highest BCUT2D eigenvalue weighted by atomic mass is 16.6. The van der Waals surface area contributed by atoms with Gasteiger partial charge in [0, 0.05) is 17.8 Å². The van der Waals surface area contributed by atoms with Gasteiger partial charge in [-0.3, -0.25) is 9.59 Å². The molecule has 0 aromatic heterocycles. The minimum Gasteiger partial charge on any atom is -0.481 e. The fourth-order valence-corrected chi connectivity index (χ4v) is 11.6. The monoisotopic (exact) mass is 634 g/mol. The third-order valence-electron chi connectivity index (χ3n) is 14.5. The smallest absolute Gasteiger partial charge is 0.307 e. The summed E-state index contributed by atoms with van der Waals surface area (Å²) in [7, 11) is 0. The summed E-state index contributed by atoms with van der Waals surface area (Å²) in [6.07, 6.45) is 6.00. The number of rotatable bonds is 9. The Morgan fingerprint density at radius 3 is 2.29 bits per heavy atom. The normalized spacial score (nSPS) is 45.1. The topological polar surface area (TPSA) is 143 Å². The molecule has 9 nitrogen and oxygen atoms in total. The van der Waals surface area contributed by atoms with Crippen molar-refractivity contribution in [3.05, 3.63) is 11.6 Å². The van der Waals surface area contributed by atoms with E-state index in [9.17, 15) is 30.0 Å². The Labute approximate surface area is 269 Å². The molecule has 1 aliphatic heterocycles. The summed E-state index contributed by atoms with van der Waals surface area (Å²) in [6.45, 7) is 16.3. The predicted molar refractivity (Wildman–Crippen MR) is 168 cm³/mol. The van der Waals surface area contributed by atoms with Gasteiger partial charge in [-0.05, 0) is 78.4 Å². The molecule has 3 saturated carbocycles. The first-order valence-electron chi connectivity index (χ1n) is 17.1. The number of carboxylic acid groups (broad SMARTS) is 1. The number of esters is 1. The van der Waals surface area contributed by atoms with Gasteiger partial charge in [0.25, 0.3) is 0 Å². The van der Waals surface area contributed by atoms with Crippen molar-refractivity contribution in [3.63, 3.8) is 0 Å². The molecule has 45 heavy (non-hydrogen) atoms. The maximum atomic E-state index is 13.3. The molecule has 0 radical (unpaired) electrons. The number of fused-ring (bicyclic) bond motifs is 3. The Morgan fingerprint density at radius 1 is 1.04 bits per heavy atom. The van der Waals surface area contributed by atoms with Crippen molar-refractivity contribution >= 4 is 11.9 Å². The SMILES string of the molecule is CC(=O)O[C@@H]1C[C@@]23COCC(C)([C@H]1OCC(O)(CO)CO)[C@@H]2CC[C@H]1C3=CC[C@@]2(C)[C@H](C(=O)O)[C@@](C)([C@H](C)C(C)C)CC[C@]12C. The molecule has 256 valence electrons. The lowest BCUT2D eigenvalue weighted by Gasteiger charge is -2.71. The van der Waals surface area contributed by atoms with Crippen LogP contribution in [0.3, 0.4) is 0 Å². The maximum absolute atomic E-state index is 13.3. The van der Waals surface area contributed by atoms with E-state index in [0.29, 0.717) is 32.0 Å². The summed E-state index contributed by atoms with van der Waals surface area (Å²) in [6, 6.07) is 0. The van der Waals surface area contributed by atoms with Crippen molar-refractivity contribution in [1.82, 2.24) is 0 Å². The number of aliphatic hydroxyl groups is 3. The van der Waals surface area contributed by atoms with Crippen LogP contribution in [0.2, 0.25) is 0 Å². The Balaban J connectivity index is 1.58. The molecule has 4 aliphatic carbocycles. The Bertz CT molecular complexity index is 1190. The van der Waals surface area contributed by atoms with Crippen LogP contribution in [0.25, 0.3) is 0 Å². The molecular weight excluding hydrogens is 576 g/mol. The molecule has 11 atom stereocenters. The van der Waals surface area contributed by atoms with Gasteiger partial charge in [0.05, 0.1) is 39.0 Å². The molecule has 5 rings (SSSR count). The molecular formula is C36H58O9. The molecule has 0 aromatic rings. The van der Waals surface area contributed by atoms with Crippen molar-refractivity contribution in [3.8, 4) is 0 Å². The summed E-state index contributed by atoms with van der Waals surface area (Å²) in [5, 5.41) is 41.0. The van der Waals surface area contributed by atoms with E-state index in [4.69, 9.17) is 14.2 Å². The molecule has 4 N–H and O–H groups in total. The molecule has 0 aromatic carbocycles. The lowest BCUT2D eigenvalue weighted by Crippen LogP contribution is -2.70. The van der Waals surface area contributed by atoms with Crippen LogP contribution in [0.1, 0.15) is 93.9 Å². The van der Waals surface area contributed by atoms with Gasteiger partial charge >= 0.3 is 11.9 Å². The lowest BCUT2D eigenvalue weighted by molar-refractivity contribution is -0.275. The first-order chi connectivity index (χ1) is 20.9. The van der Waals surface area contributed by atoms with Gasteiger partial charge in [-0.2, -0.15) is 0 Å². The third-order valence-corrected chi connectivity index (χ3v) is 14.5. The van der Waals surface area contributed by atoms with Crippen LogP contribution in [0.15, 0.2) is 11.6 Å². The van der Waals surface area contributed by atoms with E-state index in [1.165, 1.54) is 12.5 Å². The summed E-state index contributed by atoms with van der Waals surface area (Å²) < 4.78 is 18.8. The molecule has 0 amide bonds. The van der Waals surface area contributed by atoms with E-state index in [2.05, 4.69) is 54.5 Å². The minimum absolute atomic E-state index is 0.160. The van der Waals surface area contributed by atoms with Crippen molar-refractivity contribution in [1.29, 1.82) is 0 Å². The molecule has 2 bridgehead atoms. The Morgan fingerprint density at radius 2 is 1.71 bits per heavy atom. The number of allylic oxidation sites excluding steroid dienone is 1. The lowest BCUT2D eigenvalue weighted by atomic mass is 9.34. The van der Waals surface area contributed by atoms with Crippen LogP contribution in [0.4, 0.5) is 0 Å². The summed E-state index contributed by atoms with van der Waals surface area (Å²) >= 11 is 0. The van der Waals surface area contributed by atoms with Gasteiger partial charge in [-0.15, -0.1) is 0 Å². The number of hydrogen-bond acceptors (Lipinski definition) is 8. The van der Waals surface area contributed by atoms with E-state index in [1.807, 2.05) is 0 Å². The van der Waals surface area contributed by atoms with Crippen LogP contribution in [0.5, 0.6) is 0 Å². The average Bonchev–Trinajstić information content (AvgIpc) is 2.96. The molecule has 1 unspecified atom stereocenters. The Kier molecular flexibility index (Phi) is 8.95. The van der Waals surface area contributed by atoms with Crippen molar-refractivity contribution < 1.29 is 44.2 Å². The van der Waals surface area contributed by atoms with Gasteiger partial charge in [0.2, 0.25) is 0 Å². The Hall–Kier alpha value is -1.52. The van der Waals surface area contributed by atoms with Crippen molar-refractivity contribution in [2.24, 2.45) is 56.7 Å². The van der Waals surface area contributed by atoms with Crippen LogP contribution in [-0.4, -0.2) is 83.2 Å². The summed E-state index contributed by atoms with van der Waals surface area (Å²) in [4.78, 5) is 25.8. The molecule has 1 heterocycles. The van der Waals surface area contributed by atoms with Gasteiger partial charge in [-0.1, -0.05) is 60.1 Å². The van der Waals surface area contributed by atoms with E-state index >= 15 is 0 Å². The number of ether oxygens (including phenoxy) is 3. The van der Waals surface area contributed by atoms with Crippen molar-refractivity contribution in [2.45, 2.75) is 112 Å². The standard InChI is InChI=1S/C36H58O9/c1-21(2)22(3)31(5)13-14-33(7)24-9-10-27-32(6)18-43-20-36(27,25(24)11-12-34(33,8)28(31)30(40)41)15-26(45-23(4)39)29(32)44-19-35(42,16-37)17-38/h11,21-22,24,26-29,37-38,42H,9-10,12-20H2,1-8H3,(H,40,41)/t22-,24+,26-,27+,28-,29+,31-,32?,33-,34+,36+/m1/s1. The van der Waals surface area contributed by atoms with E-state index in [0.717, 1.165) is 25.7 Å². The number of aliphatic carboxylic acids is 1. The maximum Gasteiger partial charge on any atom is 0.307 e. The van der Waals surface area contributed by atoms with Gasteiger partial charge in [0.15, 0.2) is 0 Å². The van der Waals surface area contributed by atoms with E-state index in [1.54, 1.807) is 0 Å². The number of hydrogen-bond donors (Lipinski definition) is 4. The largest absolute Gasteiger partial charge is 0.481 e. The number of carboxylic acids is 1. The van der Waals surface area contributed by atoms with E-state index < -0.39 is 65.1 Å². The van der Waals surface area contributed by atoms with Crippen molar-refractivity contribution in [2.75, 3.05) is 33.0 Å². The average molecular weight is 635 g/mol. The van der Waals surface area contributed by atoms with Crippen LogP contribution in [0, 0.1) is 56.7 Å². The van der Waals surface area contributed by atoms with Crippen LogP contribution < -0.4 is 0 Å². The fourth-order valence-electron chi connectivity index (χ4n) is 11.6. The van der Waals surface area contributed by atoms with E-state index in [-0.39, 0.29) is 35.2 Å². The second kappa shape index (κ2) is 11.6.